The number of ether oxygens (including phenoxy) is 1. The molecule has 94 valence electrons. The van der Waals surface area contributed by atoms with Gasteiger partial charge in [-0.2, -0.15) is 0 Å². The van der Waals surface area contributed by atoms with Crippen LogP contribution in [0.5, 0.6) is 5.75 Å². The van der Waals surface area contributed by atoms with E-state index in [1.807, 2.05) is 19.9 Å². The highest BCUT2D eigenvalue weighted by molar-refractivity contribution is 5.44. The zero-order valence-corrected chi connectivity index (χ0v) is 10.8. The van der Waals surface area contributed by atoms with E-state index in [0.29, 0.717) is 6.54 Å². The number of rotatable bonds is 2. The van der Waals surface area contributed by atoms with Crippen LogP contribution in [0.25, 0.3) is 0 Å². The summed E-state index contributed by atoms with van der Waals surface area (Å²) < 4.78 is 5.30. The number of hydrogen-bond donors (Lipinski definition) is 2. The van der Waals surface area contributed by atoms with Crippen molar-refractivity contribution in [1.82, 2.24) is 5.32 Å². The summed E-state index contributed by atoms with van der Waals surface area (Å²) in [5.74, 6) is 0.888. The highest BCUT2D eigenvalue weighted by Gasteiger charge is 2.32. The Hall–Kier alpha value is -1.06. The molecule has 1 unspecified atom stereocenters. The monoisotopic (exact) mass is 235 g/mol. The highest BCUT2D eigenvalue weighted by atomic mass is 16.5. The van der Waals surface area contributed by atoms with Gasteiger partial charge in [-0.05, 0) is 62.1 Å². The zero-order chi connectivity index (χ0) is 12.5. The number of piperidine rings is 1. The highest BCUT2D eigenvalue weighted by Crippen LogP contribution is 2.34. The van der Waals surface area contributed by atoms with Crippen molar-refractivity contribution in [3.05, 3.63) is 28.8 Å². The van der Waals surface area contributed by atoms with Crippen molar-refractivity contribution >= 4 is 0 Å². The molecule has 1 aromatic carbocycles. The number of nitrogens with one attached hydrogen (secondary N) is 1. The summed E-state index contributed by atoms with van der Waals surface area (Å²) in [5, 5.41) is 14.0. The molecule has 1 aliphatic rings. The van der Waals surface area contributed by atoms with Gasteiger partial charge in [0.15, 0.2) is 0 Å². The van der Waals surface area contributed by atoms with Crippen molar-refractivity contribution in [3.63, 3.8) is 0 Å². The van der Waals surface area contributed by atoms with Crippen LogP contribution < -0.4 is 10.1 Å². The maximum Gasteiger partial charge on any atom is 0.122 e. The maximum absolute atomic E-state index is 10.7. The predicted molar refractivity (Wildman–Crippen MR) is 68.5 cm³/mol. The van der Waals surface area contributed by atoms with Crippen LogP contribution >= 0.6 is 0 Å². The van der Waals surface area contributed by atoms with Gasteiger partial charge in [-0.15, -0.1) is 0 Å². The molecule has 0 bridgehead atoms. The summed E-state index contributed by atoms with van der Waals surface area (Å²) in [6, 6.07) is 4.07. The summed E-state index contributed by atoms with van der Waals surface area (Å²) in [7, 11) is 1.68. The lowest BCUT2D eigenvalue weighted by Crippen LogP contribution is -2.43. The van der Waals surface area contributed by atoms with Crippen LogP contribution in [0.15, 0.2) is 12.1 Å². The first-order valence-electron chi connectivity index (χ1n) is 6.15. The minimum absolute atomic E-state index is 0.639. The van der Waals surface area contributed by atoms with Gasteiger partial charge < -0.3 is 15.2 Å². The first-order chi connectivity index (χ1) is 8.07. The maximum atomic E-state index is 10.7. The Bertz CT molecular complexity index is 409. The van der Waals surface area contributed by atoms with E-state index in [4.69, 9.17) is 4.74 Å². The van der Waals surface area contributed by atoms with E-state index in [1.165, 1.54) is 0 Å². The predicted octanol–water partition coefficient (Wildman–Crippen LogP) is 1.88. The minimum Gasteiger partial charge on any atom is -0.496 e. The molecule has 3 nitrogen and oxygen atoms in total. The molecule has 0 amide bonds. The van der Waals surface area contributed by atoms with Gasteiger partial charge in [0.05, 0.1) is 7.11 Å². The number of methoxy groups -OCH3 is 1. The van der Waals surface area contributed by atoms with Gasteiger partial charge in [-0.3, -0.25) is 0 Å². The molecule has 0 aromatic heterocycles. The Kier molecular flexibility index (Phi) is 3.40. The molecule has 1 atom stereocenters. The van der Waals surface area contributed by atoms with Crippen LogP contribution in [0.3, 0.4) is 0 Å². The zero-order valence-electron chi connectivity index (χ0n) is 10.8. The van der Waals surface area contributed by atoms with Crippen molar-refractivity contribution in [2.45, 2.75) is 32.3 Å². The Morgan fingerprint density at radius 3 is 2.65 bits per heavy atom. The fourth-order valence-electron chi connectivity index (χ4n) is 2.63. The van der Waals surface area contributed by atoms with E-state index in [1.54, 1.807) is 7.11 Å². The average molecular weight is 235 g/mol. The third-order valence-corrected chi connectivity index (χ3v) is 3.60. The van der Waals surface area contributed by atoms with E-state index in [-0.39, 0.29) is 0 Å². The Morgan fingerprint density at radius 2 is 2.06 bits per heavy atom. The molecule has 0 saturated carbocycles. The van der Waals surface area contributed by atoms with E-state index in [0.717, 1.165) is 41.8 Å². The number of aliphatic hydroxyl groups is 1. The standard InChI is InChI=1S/C14H21NO2/c1-10-8-13(17-3)11(2)7-12(10)14(16)5-4-6-15-9-14/h7-8,15-16H,4-6,9H2,1-3H3. The normalized spacial score (nSPS) is 24.7. The number of β-amino-alcohol motifs (C(OH)–C–C–N with tert-alkyl or cyclic N) is 1. The van der Waals surface area contributed by atoms with E-state index in [9.17, 15) is 5.11 Å². The van der Waals surface area contributed by atoms with Gasteiger partial charge >= 0.3 is 0 Å². The Balaban J connectivity index is 2.41. The largest absolute Gasteiger partial charge is 0.496 e. The topological polar surface area (TPSA) is 41.5 Å². The fourth-order valence-corrected chi connectivity index (χ4v) is 2.63. The first kappa shape index (κ1) is 12.4. The van der Waals surface area contributed by atoms with Gasteiger partial charge in [0.2, 0.25) is 0 Å². The lowest BCUT2D eigenvalue weighted by molar-refractivity contribution is 0.0116. The molecular weight excluding hydrogens is 214 g/mol. The van der Waals surface area contributed by atoms with E-state index >= 15 is 0 Å². The smallest absolute Gasteiger partial charge is 0.122 e. The van der Waals surface area contributed by atoms with Crippen LogP contribution in [0.1, 0.15) is 29.5 Å². The lowest BCUT2D eigenvalue weighted by atomic mass is 9.83. The third-order valence-electron chi connectivity index (χ3n) is 3.60. The second kappa shape index (κ2) is 4.67. The molecule has 1 aromatic rings. The SMILES string of the molecule is COc1cc(C)c(C2(O)CCCNC2)cc1C. The molecule has 2 rings (SSSR count). The second-order valence-electron chi connectivity index (χ2n) is 4.95. The van der Waals surface area contributed by atoms with Gasteiger partial charge in [-0.1, -0.05) is 0 Å². The van der Waals surface area contributed by atoms with Gasteiger partial charge in [-0.25, -0.2) is 0 Å². The van der Waals surface area contributed by atoms with Crippen LogP contribution in [0.4, 0.5) is 0 Å². The Morgan fingerprint density at radius 1 is 1.29 bits per heavy atom. The second-order valence-corrected chi connectivity index (χ2v) is 4.95. The first-order valence-corrected chi connectivity index (χ1v) is 6.15. The van der Waals surface area contributed by atoms with Gasteiger partial charge in [0, 0.05) is 6.54 Å². The molecular formula is C14H21NO2. The molecule has 1 fully saturated rings. The summed E-state index contributed by atoms with van der Waals surface area (Å²) in [6.07, 6.45) is 1.84. The summed E-state index contributed by atoms with van der Waals surface area (Å²) in [6.45, 7) is 5.68. The molecule has 3 heteroatoms. The third kappa shape index (κ3) is 2.31. The van der Waals surface area contributed by atoms with Crippen molar-refractivity contribution < 1.29 is 9.84 Å². The molecule has 0 spiro atoms. The summed E-state index contributed by atoms with van der Waals surface area (Å²) in [4.78, 5) is 0. The molecule has 1 heterocycles. The minimum atomic E-state index is -0.723. The molecule has 0 radical (unpaired) electrons. The molecule has 0 aliphatic carbocycles. The van der Waals surface area contributed by atoms with Crippen molar-refractivity contribution in [3.8, 4) is 5.75 Å². The van der Waals surface area contributed by atoms with Crippen LogP contribution in [-0.4, -0.2) is 25.3 Å². The van der Waals surface area contributed by atoms with Crippen molar-refractivity contribution in [2.75, 3.05) is 20.2 Å². The van der Waals surface area contributed by atoms with Crippen LogP contribution in [0.2, 0.25) is 0 Å². The molecule has 2 N–H and O–H groups in total. The number of benzene rings is 1. The molecule has 1 aliphatic heterocycles. The van der Waals surface area contributed by atoms with Gasteiger partial charge in [0.1, 0.15) is 11.4 Å². The summed E-state index contributed by atoms with van der Waals surface area (Å²) in [5.41, 5.74) is 2.48. The lowest BCUT2D eigenvalue weighted by Gasteiger charge is -2.34. The fraction of sp³-hybridized carbons (Fsp3) is 0.571. The van der Waals surface area contributed by atoms with Crippen molar-refractivity contribution in [2.24, 2.45) is 0 Å². The van der Waals surface area contributed by atoms with Crippen LogP contribution in [-0.2, 0) is 5.60 Å². The number of hydrogen-bond acceptors (Lipinski definition) is 3. The molecule has 1 saturated heterocycles. The Labute approximate surface area is 103 Å². The molecule has 17 heavy (non-hydrogen) atoms. The van der Waals surface area contributed by atoms with E-state index in [2.05, 4.69) is 11.4 Å². The van der Waals surface area contributed by atoms with E-state index < -0.39 is 5.60 Å². The average Bonchev–Trinajstić information content (AvgIpc) is 2.32. The van der Waals surface area contributed by atoms with Crippen LogP contribution in [0, 0.1) is 13.8 Å². The van der Waals surface area contributed by atoms with Gasteiger partial charge in [0.25, 0.3) is 0 Å². The quantitative estimate of drug-likeness (QED) is 0.822. The summed E-state index contributed by atoms with van der Waals surface area (Å²) >= 11 is 0. The van der Waals surface area contributed by atoms with Crippen molar-refractivity contribution in [1.29, 1.82) is 0 Å². The number of aryl methyl sites for hydroxylation is 2.